The third-order valence-electron chi connectivity index (χ3n) is 2.96. The van der Waals surface area contributed by atoms with Gasteiger partial charge in [0.25, 0.3) is 0 Å². The van der Waals surface area contributed by atoms with Crippen molar-refractivity contribution in [3.8, 4) is 11.5 Å². The molecule has 0 spiro atoms. The SMILES string of the molecule is COc1c(OC(C)=O)c(CC(Br)CBr)cc2ccc(=O)oc12. The van der Waals surface area contributed by atoms with Gasteiger partial charge in [-0.3, -0.25) is 4.79 Å². The number of methoxy groups -OCH3 is 1. The summed E-state index contributed by atoms with van der Waals surface area (Å²) in [6, 6.07) is 4.82. The molecule has 5 nitrogen and oxygen atoms in total. The second-order valence-corrected chi connectivity index (χ2v) is 6.56. The summed E-state index contributed by atoms with van der Waals surface area (Å²) in [5.74, 6) is 0.0547. The van der Waals surface area contributed by atoms with Crippen molar-refractivity contribution in [2.75, 3.05) is 12.4 Å². The van der Waals surface area contributed by atoms with Crippen LogP contribution in [0.1, 0.15) is 12.5 Å². The van der Waals surface area contributed by atoms with E-state index in [2.05, 4.69) is 31.9 Å². The van der Waals surface area contributed by atoms with Gasteiger partial charge in [0.15, 0.2) is 11.3 Å². The standard InChI is InChI=1S/C15H14Br2O5/c1-8(18)21-14-10(6-11(17)7-16)5-9-3-4-12(19)22-13(9)15(14)20-2/h3-5,11H,6-7H2,1-2H3. The zero-order valence-corrected chi connectivity index (χ0v) is 15.2. The van der Waals surface area contributed by atoms with Gasteiger partial charge in [-0.25, -0.2) is 4.79 Å². The summed E-state index contributed by atoms with van der Waals surface area (Å²) in [5.41, 5.74) is 0.556. The second-order valence-electron chi connectivity index (χ2n) is 4.62. The van der Waals surface area contributed by atoms with E-state index >= 15 is 0 Å². The summed E-state index contributed by atoms with van der Waals surface area (Å²) >= 11 is 6.93. The van der Waals surface area contributed by atoms with Crippen LogP contribution in [0.15, 0.2) is 27.4 Å². The molecule has 0 saturated heterocycles. The topological polar surface area (TPSA) is 65.7 Å². The molecule has 0 saturated carbocycles. The number of esters is 1. The Kier molecular flexibility index (Phi) is 5.63. The molecule has 0 aliphatic rings. The molecular weight excluding hydrogens is 420 g/mol. The van der Waals surface area contributed by atoms with E-state index < -0.39 is 11.6 Å². The molecule has 0 aliphatic heterocycles. The Morgan fingerprint density at radius 3 is 2.68 bits per heavy atom. The quantitative estimate of drug-likeness (QED) is 0.313. The minimum atomic E-state index is -0.494. The second kappa shape index (κ2) is 7.28. The maximum atomic E-state index is 11.5. The van der Waals surface area contributed by atoms with Crippen molar-refractivity contribution in [3.63, 3.8) is 0 Å². The summed E-state index contributed by atoms with van der Waals surface area (Å²) in [4.78, 5) is 23.0. The number of benzene rings is 1. The summed E-state index contributed by atoms with van der Waals surface area (Å²) in [6.45, 7) is 1.31. The van der Waals surface area contributed by atoms with Crippen molar-refractivity contribution < 1.29 is 18.7 Å². The summed E-state index contributed by atoms with van der Waals surface area (Å²) in [6.07, 6.45) is 0.610. The summed E-state index contributed by atoms with van der Waals surface area (Å²) < 4.78 is 15.8. The first kappa shape index (κ1) is 17.0. The largest absolute Gasteiger partial charge is 0.490 e. The predicted molar refractivity (Wildman–Crippen MR) is 90.6 cm³/mol. The predicted octanol–water partition coefficient (Wildman–Crippen LogP) is 3.43. The van der Waals surface area contributed by atoms with E-state index in [9.17, 15) is 9.59 Å². The first-order valence-corrected chi connectivity index (χ1v) is 8.52. The van der Waals surface area contributed by atoms with E-state index in [0.717, 1.165) is 10.9 Å². The van der Waals surface area contributed by atoms with Crippen LogP contribution in [-0.4, -0.2) is 23.2 Å². The highest BCUT2D eigenvalue weighted by atomic mass is 79.9. The van der Waals surface area contributed by atoms with Crippen LogP contribution in [0.4, 0.5) is 0 Å². The Morgan fingerprint density at radius 2 is 2.09 bits per heavy atom. The Bertz CT molecular complexity index is 753. The van der Waals surface area contributed by atoms with Gasteiger partial charge in [0.1, 0.15) is 0 Å². The molecule has 1 atom stereocenters. The molecule has 0 aliphatic carbocycles. The molecule has 0 N–H and O–H groups in total. The fourth-order valence-electron chi connectivity index (χ4n) is 2.11. The molecule has 1 unspecified atom stereocenters. The minimum Gasteiger partial charge on any atom is -0.490 e. The van der Waals surface area contributed by atoms with Crippen LogP contribution in [0.3, 0.4) is 0 Å². The molecule has 2 aromatic rings. The van der Waals surface area contributed by atoms with Gasteiger partial charge in [0, 0.05) is 34.1 Å². The average Bonchev–Trinajstić information content (AvgIpc) is 2.47. The number of hydrogen-bond acceptors (Lipinski definition) is 5. The highest BCUT2D eigenvalue weighted by Crippen LogP contribution is 2.39. The maximum Gasteiger partial charge on any atom is 0.336 e. The zero-order valence-electron chi connectivity index (χ0n) is 12.0. The molecule has 7 heteroatoms. The van der Waals surface area contributed by atoms with Crippen LogP contribution in [0.2, 0.25) is 0 Å². The molecule has 22 heavy (non-hydrogen) atoms. The fourth-order valence-corrected chi connectivity index (χ4v) is 2.68. The van der Waals surface area contributed by atoms with Crippen LogP contribution >= 0.6 is 31.9 Å². The van der Waals surface area contributed by atoms with E-state index in [1.54, 1.807) is 6.07 Å². The smallest absolute Gasteiger partial charge is 0.336 e. The third kappa shape index (κ3) is 3.70. The van der Waals surface area contributed by atoms with Gasteiger partial charge in [-0.15, -0.1) is 0 Å². The van der Waals surface area contributed by atoms with E-state index in [0.29, 0.717) is 11.8 Å². The number of carbonyl (C=O) groups excluding carboxylic acids is 1. The van der Waals surface area contributed by atoms with E-state index in [1.807, 2.05) is 6.07 Å². The Balaban J connectivity index is 2.72. The van der Waals surface area contributed by atoms with Gasteiger partial charge >= 0.3 is 11.6 Å². The lowest BCUT2D eigenvalue weighted by Gasteiger charge is -2.16. The van der Waals surface area contributed by atoms with Crippen LogP contribution in [0.25, 0.3) is 11.0 Å². The third-order valence-corrected chi connectivity index (χ3v) is 5.25. The number of rotatable bonds is 5. The van der Waals surface area contributed by atoms with Crippen LogP contribution < -0.4 is 15.1 Å². The number of alkyl halides is 2. The molecule has 118 valence electrons. The summed E-state index contributed by atoms with van der Waals surface area (Å²) in [7, 11) is 1.44. The molecular formula is C15H14Br2O5. The van der Waals surface area contributed by atoms with Gasteiger partial charge in [0.05, 0.1) is 7.11 Å². The van der Waals surface area contributed by atoms with E-state index in [1.165, 1.54) is 20.1 Å². The first-order chi connectivity index (χ1) is 10.5. The molecule has 0 radical (unpaired) electrons. The lowest BCUT2D eigenvalue weighted by Crippen LogP contribution is -2.10. The van der Waals surface area contributed by atoms with Crippen LogP contribution in [0.5, 0.6) is 11.5 Å². The number of halogens is 2. The van der Waals surface area contributed by atoms with Crippen molar-refractivity contribution >= 4 is 48.8 Å². The monoisotopic (exact) mass is 432 g/mol. The maximum absolute atomic E-state index is 11.5. The minimum absolute atomic E-state index is 0.152. The van der Waals surface area contributed by atoms with Crippen molar-refractivity contribution in [1.29, 1.82) is 0 Å². The summed E-state index contributed by atoms with van der Waals surface area (Å²) in [5, 5.41) is 1.44. The van der Waals surface area contributed by atoms with Gasteiger partial charge in [-0.1, -0.05) is 31.9 Å². The number of fused-ring (bicyclic) bond motifs is 1. The lowest BCUT2D eigenvalue weighted by molar-refractivity contribution is -0.132. The fraction of sp³-hybridized carbons (Fsp3) is 0.333. The zero-order chi connectivity index (χ0) is 16.3. The highest BCUT2D eigenvalue weighted by molar-refractivity contribution is 9.12. The van der Waals surface area contributed by atoms with E-state index in [4.69, 9.17) is 13.9 Å². The Labute approximate surface area is 143 Å². The van der Waals surface area contributed by atoms with Crippen molar-refractivity contribution in [1.82, 2.24) is 0 Å². The lowest BCUT2D eigenvalue weighted by atomic mass is 10.0. The van der Waals surface area contributed by atoms with Gasteiger partial charge in [-0.05, 0) is 18.6 Å². The first-order valence-electron chi connectivity index (χ1n) is 6.48. The molecule has 0 amide bonds. The molecule has 1 aromatic heterocycles. The number of carbonyl (C=O) groups is 1. The van der Waals surface area contributed by atoms with Crippen molar-refractivity contribution in [2.24, 2.45) is 0 Å². The van der Waals surface area contributed by atoms with E-state index in [-0.39, 0.29) is 21.9 Å². The molecule has 1 heterocycles. The number of ether oxygens (including phenoxy) is 2. The highest BCUT2D eigenvalue weighted by Gasteiger charge is 2.21. The molecule has 0 bridgehead atoms. The number of hydrogen-bond donors (Lipinski definition) is 0. The molecule has 0 fully saturated rings. The van der Waals surface area contributed by atoms with Crippen molar-refractivity contribution in [2.45, 2.75) is 18.2 Å². The van der Waals surface area contributed by atoms with Gasteiger partial charge < -0.3 is 13.9 Å². The normalized spacial score (nSPS) is 12.2. The molecule has 1 aromatic carbocycles. The van der Waals surface area contributed by atoms with Gasteiger partial charge in [-0.2, -0.15) is 0 Å². The van der Waals surface area contributed by atoms with Crippen LogP contribution in [0, 0.1) is 0 Å². The van der Waals surface area contributed by atoms with Gasteiger partial charge in [0.2, 0.25) is 5.75 Å². The Hall–Kier alpha value is -1.34. The van der Waals surface area contributed by atoms with Crippen molar-refractivity contribution in [3.05, 3.63) is 34.2 Å². The van der Waals surface area contributed by atoms with Crippen LogP contribution in [-0.2, 0) is 11.2 Å². The Morgan fingerprint density at radius 1 is 1.36 bits per heavy atom. The molecule has 2 rings (SSSR count). The average molecular weight is 434 g/mol.